The third-order valence-electron chi connectivity index (χ3n) is 5.22. The molecule has 0 bridgehead atoms. The van der Waals surface area contributed by atoms with Crippen molar-refractivity contribution in [3.05, 3.63) is 60.2 Å². The number of hydrogen-bond donors (Lipinski definition) is 1. The summed E-state index contributed by atoms with van der Waals surface area (Å²) in [5.41, 5.74) is 3.35. The number of hydrogen-bond acceptors (Lipinski definition) is 2. The highest BCUT2D eigenvalue weighted by Crippen LogP contribution is 2.19. The van der Waals surface area contributed by atoms with E-state index >= 15 is 0 Å². The fourth-order valence-electron chi connectivity index (χ4n) is 3.66. The molecule has 1 aliphatic heterocycles. The van der Waals surface area contributed by atoms with E-state index in [1.54, 1.807) is 0 Å². The molecule has 4 nitrogen and oxygen atoms in total. The van der Waals surface area contributed by atoms with Crippen LogP contribution >= 0.6 is 0 Å². The zero-order chi connectivity index (χ0) is 19.9. The van der Waals surface area contributed by atoms with Gasteiger partial charge in [0.2, 0.25) is 11.8 Å². The number of likely N-dealkylation sites (tertiary alicyclic amines) is 1. The predicted molar refractivity (Wildman–Crippen MR) is 113 cm³/mol. The van der Waals surface area contributed by atoms with Crippen LogP contribution in [-0.4, -0.2) is 35.8 Å². The van der Waals surface area contributed by atoms with Gasteiger partial charge in [-0.1, -0.05) is 68.4 Å². The molecular formula is C24H30N2O2. The van der Waals surface area contributed by atoms with Crippen LogP contribution in [0.3, 0.4) is 0 Å². The van der Waals surface area contributed by atoms with Crippen LogP contribution in [0.5, 0.6) is 0 Å². The third kappa shape index (κ3) is 5.69. The molecule has 0 radical (unpaired) electrons. The van der Waals surface area contributed by atoms with Gasteiger partial charge in [-0.2, -0.15) is 0 Å². The minimum atomic E-state index is 0.0550. The molecule has 1 heterocycles. The number of nitrogens with zero attached hydrogens (tertiary/aromatic N) is 1. The maximum atomic E-state index is 12.4. The van der Waals surface area contributed by atoms with Crippen molar-refractivity contribution in [2.24, 2.45) is 5.92 Å². The summed E-state index contributed by atoms with van der Waals surface area (Å²) >= 11 is 0. The standard InChI is InChI=1S/C24H30N2O2/c1-18(2)16-24(28)26-14-12-22(13-15-26)25-23(27)17-19-8-10-21(11-9-19)20-6-4-3-5-7-20/h3-11,18,22H,12-17H2,1-2H3,(H,25,27). The molecule has 0 spiro atoms. The van der Waals surface area contributed by atoms with E-state index in [4.69, 9.17) is 0 Å². The Morgan fingerprint density at radius 1 is 0.964 bits per heavy atom. The van der Waals surface area contributed by atoms with Gasteiger partial charge in [0.15, 0.2) is 0 Å². The highest BCUT2D eigenvalue weighted by Gasteiger charge is 2.24. The molecule has 0 unspecified atom stereocenters. The lowest BCUT2D eigenvalue weighted by Crippen LogP contribution is -2.47. The first-order chi connectivity index (χ1) is 13.5. The second-order valence-corrected chi connectivity index (χ2v) is 8.06. The summed E-state index contributed by atoms with van der Waals surface area (Å²) in [6.45, 7) is 5.61. The molecule has 1 saturated heterocycles. The molecule has 0 aromatic heterocycles. The van der Waals surface area contributed by atoms with Gasteiger partial charge in [0.25, 0.3) is 0 Å². The monoisotopic (exact) mass is 378 g/mol. The van der Waals surface area contributed by atoms with E-state index in [-0.39, 0.29) is 17.9 Å². The molecule has 1 fully saturated rings. The van der Waals surface area contributed by atoms with Crippen LogP contribution < -0.4 is 5.32 Å². The molecule has 0 aliphatic carbocycles. The molecule has 148 valence electrons. The number of rotatable bonds is 6. The molecule has 28 heavy (non-hydrogen) atoms. The summed E-state index contributed by atoms with van der Waals surface area (Å²) < 4.78 is 0. The van der Waals surface area contributed by atoms with Gasteiger partial charge in [0.05, 0.1) is 6.42 Å². The van der Waals surface area contributed by atoms with Crippen molar-refractivity contribution in [2.75, 3.05) is 13.1 Å². The van der Waals surface area contributed by atoms with Crippen molar-refractivity contribution in [2.45, 2.75) is 45.6 Å². The number of carbonyl (C=O) groups is 2. The van der Waals surface area contributed by atoms with Gasteiger partial charge >= 0.3 is 0 Å². The molecule has 4 heteroatoms. The molecule has 1 N–H and O–H groups in total. The topological polar surface area (TPSA) is 49.4 Å². The molecule has 0 atom stereocenters. The van der Waals surface area contributed by atoms with Crippen LogP contribution in [0.4, 0.5) is 0 Å². The van der Waals surface area contributed by atoms with Crippen LogP contribution in [0.25, 0.3) is 11.1 Å². The fourth-order valence-corrected chi connectivity index (χ4v) is 3.66. The normalized spacial score (nSPS) is 14.9. The smallest absolute Gasteiger partial charge is 0.224 e. The zero-order valence-electron chi connectivity index (χ0n) is 16.9. The predicted octanol–water partition coefficient (Wildman–Crippen LogP) is 4.05. The second-order valence-electron chi connectivity index (χ2n) is 8.06. The molecule has 2 amide bonds. The lowest BCUT2D eigenvalue weighted by atomic mass is 10.0. The van der Waals surface area contributed by atoms with Crippen LogP contribution in [0.1, 0.15) is 38.7 Å². The number of benzene rings is 2. The maximum Gasteiger partial charge on any atom is 0.224 e. The summed E-state index contributed by atoms with van der Waals surface area (Å²) in [5.74, 6) is 0.677. The fraction of sp³-hybridized carbons (Fsp3) is 0.417. The van der Waals surface area contributed by atoms with E-state index in [1.807, 2.05) is 35.2 Å². The summed E-state index contributed by atoms with van der Waals surface area (Å²) in [7, 11) is 0. The van der Waals surface area contributed by atoms with Crippen LogP contribution in [0.15, 0.2) is 54.6 Å². The Balaban J connectivity index is 1.45. The van der Waals surface area contributed by atoms with E-state index in [9.17, 15) is 9.59 Å². The summed E-state index contributed by atoms with van der Waals surface area (Å²) in [6.07, 6.45) is 2.67. The van der Waals surface area contributed by atoms with Gasteiger partial charge in [0.1, 0.15) is 0 Å². The Morgan fingerprint density at radius 3 is 2.18 bits per heavy atom. The third-order valence-corrected chi connectivity index (χ3v) is 5.22. The Labute approximate surface area is 167 Å². The minimum absolute atomic E-state index is 0.0550. The Hall–Kier alpha value is -2.62. The minimum Gasteiger partial charge on any atom is -0.353 e. The zero-order valence-corrected chi connectivity index (χ0v) is 16.9. The average molecular weight is 379 g/mol. The van der Waals surface area contributed by atoms with E-state index in [0.717, 1.165) is 37.1 Å². The summed E-state index contributed by atoms with van der Waals surface area (Å²) in [4.78, 5) is 26.5. The van der Waals surface area contributed by atoms with Gasteiger partial charge in [-0.15, -0.1) is 0 Å². The van der Waals surface area contributed by atoms with Crippen molar-refractivity contribution in [3.8, 4) is 11.1 Å². The Morgan fingerprint density at radius 2 is 1.57 bits per heavy atom. The van der Waals surface area contributed by atoms with Gasteiger partial charge in [0, 0.05) is 25.6 Å². The number of nitrogens with one attached hydrogen (secondary N) is 1. The van der Waals surface area contributed by atoms with Crippen molar-refractivity contribution in [3.63, 3.8) is 0 Å². The van der Waals surface area contributed by atoms with Gasteiger partial charge < -0.3 is 10.2 Å². The van der Waals surface area contributed by atoms with Crippen LogP contribution in [-0.2, 0) is 16.0 Å². The highest BCUT2D eigenvalue weighted by atomic mass is 16.2. The number of carbonyl (C=O) groups excluding carboxylic acids is 2. The second kappa shape index (κ2) is 9.54. The summed E-state index contributed by atoms with van der Waals surface area (Å²) in [6, 6.07) is 18.6. The summed E-state index contributed by atoms with van der Waals surface area (Å²) in [5, 5.41) is 3.14. The average Bonchev–Trinajstić information content (AvgIpc) is 2.69. The van der Waals surface area contributed by atoms with Crippen LogP contribution in [0.2, 0.25) is 0 Å². The first-order valence-corrected chi connectivity index (χ1v) is 10.2. The lowest BCUT2D eigenvalue weighted by Gasteiger charge is -2.33. The molecule has 1 aliphatic rings. The molecule has 0 saturated carbocycles. The van der Waals surface area contributed by atoms with E-state index in [2.05, 4.69) is 43.4 Å². The SMILES string of the molecule is CC(C)CC(=O)N1CCC(NC(=O)Cc2ccc(-c3ccccc3)cc2)CC1. The first-order valence-electron chi connectivity index (χ1n) is 10.2. The maximum absolute atomic E-state index is 12.4. The quantitative estimate of drug-likeness (QED) is 0.824. The lowest BCUT2D eigenvalue weighted by molar-refractivity contribution is -0.133. The Bertz CT molecular complexity index is 776. The first kappa shape index (κ1) is 20.1. The van der Waals surface area contributed by atoms with Crippen molar-refractivity contribution < 1.29 is 9.59 Å². The van der Waals surface area contributed by atoms with Crippen LogP contribution in [0, 0.1) is 5.92 Å². The van der Waals surface area contributed by atoms with Gasteiger partial charge in [-0.3, -0.25) is 9.59 Å². The van der Waals surface area contributed by atoms with E-state index in [0.29, 0.717) is 18.8 Å². The molecule has 2 aromatic carbocycles. The van der Waals surface area contributed by atoms with Crippen molar-refractivity contribution in [1.82, 2.24) is 10.2 Å². The van der Waals surface area contributed by atoms with Gasteiger partial charge in [-0.25, -0.2) is 0 Å². The highest BCUT2D eigenvalue weighted by molar-refractivity contribution is 5.79. The van der Waals surface area contributed by atoms with E-state index < -0.39 is 0 Å². The van der Waals surface area contributed by atoms with E-state index in [1.165, 1.54) is 5.56 Å². The Kier molecular flexibility index (Phi) is 6.85. The van der Waals surface area contributed by atoms with Crippen molar-refractivity contribution >= 4 is 11.8 Å². The molecule has 3 rings (SSSR count). The van der Waals surface area contributed by atoms with Gasteiger partial charge in [-0.05, 0) is 35.4 Å². The largest absolute Gasteiger partial charge is 0.353 e. The number of amides is 2. The number of piperidine rings is 1. The molecular weight excluding hydrogens is 348 g/mol. The molecule has 2 aromatic rings. The van der Waals surface area contributed by atoms with Crippen molar-refractivity contribution in [1.29, 1.82) is 0 Å².